The van der Waals surface area contributed by atoms with Crippen molar-refractivity contribution < 1.29 is 0 Å². The van der Waals surface area contributed by atoms with Gasteiger partial charge in [-0.1, -0.05) is 13.8 Å². The zero-order valence-electron chi connectivity index (χ0n) is 6.36. The molecule has 0 saturated carbocycles. The van der Waals surface area contributed by atoms with Crippen LogP contribution < -0.4 is 5.73 Å². The van der Waals surface area contributed by atoms with E-state index in [-0.39, 0.29) is 35.1 Å². The quantitative estimate of drug-likeness (QED) is 0.570. The fourth-order valence-electron chi connectivity index (χ4n) is 1.05. The van der Waals surface area contributed by atoms with Gasteiger partial charge in [-0.2, -0.15) is 0 Å². The monoisotopic (exact) mass is 139 g/mol. The van der Waals surface area contributed by atoms with Crippen LogP contribution in [0.1, 0.15) is 34.1 Å². The summed E-state index contributed by atoms with van der Waals surface area (Å²) < 4.78 is 0. The maximum absolute atomic E-state index is 5.74. The van der Waals surface area contributed by atoms with Gasteiger partial charge in [0.1, 0.15) is 0 Å². The van der Waals surface area contributed by atoms with Gasteiger partial charge in [-0.3, -0.25) is 0 Å². The third-order valence-electron chi connectivity index (χ3n) is 0.934. The third-order valence-corrected chi connectivity index (χ3v) is 0.934. The Kier molecular flexibility index (Phi) is 6.63. The normalized spacial score (nSPS) is 11.3. The molecule has 0 aromatic rings. The van der Waals surface area contributed by atoms with Gasteiger partial charge >= 0.3 is 29.6 Å². The van der Waals surface area contributed by atoms with Gasteiger partial charge in [-0.15, -0.1) is 0 Å². The molecule has 0 aliphatic carbocycles. The molecule has 1 nitrogen and oxygen atoms in total. The molecular weight excluding hydrogens is 121 g/mol. The molecule has 0 heterocycles. The second-order valence-corrected chi connectivity index (χ2v) is 3.59. The Morgan fingerprint density at radius 2 is 1.67 bits per heavy atom. The first kappa shape index (κ1) is 12.6. The van der Waals surface area contributed by atoms with Crippen LogP contribution in [-0.2, 0) is 0 Å². The van der Waals surface area contributed by atoms with Crippen molar-refractivity contribution >= 4 is 29.6 Å². The van der Waals surface area contributed by atoms with Crippen LogP contribution in [0.5, 0.6) is 0 Å². The summed E-state index contributed by atoms with van der Waals surface area (Å²) in [5.41, 5.74) is 5.76. The molecule has 0 bridgehead atoms. The number of hydrogen-bond donors (Lipinski definition) is 1. The van der Waals surface area contributed by atoms with Crippen LogP contribution in [0.4, 0.5) is 0 Å². The molecule has 0 aliphatic rings. The van der Waals surface area contributed by atoms with Crippen molar-refractivity contribution in [2.75, 3.05) is 0 Å². The van der Waals surface area contributed by atoms with Crippen LogP contribution in [-0.4, -0.2) is 35.1 Å². The second kappa shape index (κ2) is 4.73. The number of rotatable bonds is 2. The van der Waals surface area contributed by atoms with Gasteiger partial charge in [0.25, 0.3) is 0 Å². The van der Waals surface area contributed by atoms with E-state index in [0.29, 0.717) is 0 Å². The Morgan fingerprint density at radius 3 is 1.67 bits per heavy atom. The molecule has 0 unspecified atom stereocenters. The Hall–Kier alpha value is 0.960. The van der Waals surface area contributed by atoms with E-state index in [9.17, 15) is 0 Å². The van der Waals surface area contributed by atoms with Crippen LogP contribution >= 0.6 is 0 Å². The van der Waals surface area contributed by atoms with Crippen molar-refractivity contribution in [2.24, 2.45) is 11.7 Å². The molecule has 0 spiro atoms. The molecule has 9 heavy (non-hydrogen) atoms. The SMILES string of the molecule is CC(C)CC(C)(C)N.[NaH]. The van der Waals surface area contributed by atoms with Gasteiger partial charge in [0.05, 0.1) is 0 Å². The van der Waals surface area contributed by atoms with Crippen LogP contribution in [0.3, 0.4) is 0 Å². The Bertz CT molecular complexity index is 63.8. The van der Waals surface area contributed by atoms with Crippen molar-refractivity contribution in [3.8, 4) is 0 Å². The van der Waals surface area contributed by atoms with Crippen molar-refractivity contribution in [1.29, 1.82) is 0 Å². The molecule has 0 aromatic carbocycles. The number of nitrogens with two attached hydrogens (primary N) is 1. The van der Waals surface area contributed by atoms with E-state index < -0.39 is 0 Å². The standard InChI is InChI=1S/C7H17N.Na.H/c1-6(2)5-7(3,4)8;;/h6H,5,8H2,1-4H3;;. The molecule has 0 saturated heterocycles. The van der Waals surface area contributed by atoms with Gasteiger partial charge in [-0.25, -0.2) is 0 Å². The van der Waals surface area contributed by atoms with Crippen molar-refractivity contribution in [2.45, 2.75) is 39.7 Å². The summed E-state index contributed by atoms with van der Waals surface area (Å²) in [4.78, 5) is 0. The summed E-state index contributed by atoms with van der Waals surface area (Å²) in [6, 6.07) is 0. The van der Waals surface area contributed by atoms with E-state index in [1.807, 2.05) is 0 Å². The van der Waals surface area contributed by atoms with E-state index in [0.717, 1.165) is 12.3 Å². The minimum atomic E-state index is 0. The third kappa shape index (κ3) is 12.2. The van der Waals surface area contributed by atoms with Crippen LogP contribution in [0.15, 0.2) is 0 Å². The molecule has 52 valence electrons. The Labute approximate surface area is 80.7 Å². The predicted octanol–water partition coefficient (Wildman–Crippen LogP) is 1.12. The summed E-state index contributed by atoms with van der Waals surface area (Å²) >= 11 is 0. The molecule has 0 radical (unpaired) electrons. The summed E-state index contributed by atoms with van der Waals surface area (Å²) in [6.45, 7) is 8.50. The first-order chi connectivity index (χ1) is 3.42. The van der Waals surface area contributed by atoms with E-state index in [2.05, 4.69) is 27.7 Å². The van der Waals surface area contributed by atoms with Gasteiger partial charge in [0.2, 0.25) is 0 Å². The maximum atomic E-state index is 5.74. The van der Waals surface area contributed by atoms with Gasteiger partial charge in [0, 0.05) is 5.54 Å². The second-order valence-electron chi connectivity index (χ2n) is 3.59. The van der Waals surface area contributed by atoms with Crippen LogP contribution in [0.2, 0.25) is 0 Å². The Morgan fingerprint density at radius 1 is 1.33 bits per heavy atom. The zero-order valence-corrected chi connectivity index (χ0v) is 6.36. The predicted molar refractivity (Wildman–Crippen MR) is 44.9 cm³/mol. The van der Waals surface area contributed by atoms with E-state index in [1.54, 1.807) is 0 Å². The molecule has 0 fully saturated rings. The summed E-state index contributed by atoms with van der Waals surface area (Å²) in [5, 5.41) is 0. The van der Waals surface area contributed by atoms with Crippen LogP contribution in [0, 0.1) is 5.92 Å². The van der Waals surface area contributed by atoms with Crippen molar-refractivity contribution in [3.63, 3.8) is 0 Å². The van der Waals surface area contributed by atoms with E-state index >= 15 is 0 Å². The molecule has 0 aromatic heterocycles. The average molecular weight is 139 g/mol. The summed E-state index contributed by atoms with van der Waals surface area (Å²) in [5.74, 6) is 0.718. The first-order valence-corrected chi connectivity index (χ1v) is 3.21. The molecule has 0 amide bonds. The zero-order chi connectivity index (χ0) is 6.78. The van der Waals surface area contributed by atoms with Crippen molar-refractivity contribution in [1.82, 2.24) is 0 Å². The summed E-state index contributed by atoms with van der Waals surface area (Å²) in [7, 11) is 0. The van der Waals surface area contributed by atoms with Crippen molar-refractivity contribution in [3.05, 3.63) is 0 Å². The fraction of sp³-hybridized carbons (Fsp3) is 1.00. The molecule has 2 N–H and O–H groups in total. The topological polar surface area (TPSA) is 26.0 Å². The average Bonchev–Trinajstić information content (AvgIpc) is 1.21. The minimum absolute atomic E-state index is 0. The van der Waals surface area contributed by atoms with Gasteiger partial charge in [0.15, 0.2) is 0 Å². The van der Waals surface area contributed by atoms with Gasteiger partial charge in [-0.05, 0) is 26.2 Å². The molecule has 0 atom stereocenters. The van der Waals surface area contributed by atoms with E-state index in [4.69, 9.17) is 5.73 Å². The molecule has 2 heteroatoms. The van der Waals surface area contributed by atoms with E-state index in [1.165, 1.54) is 0 Å². The first-order valence-electron chi connectivity index (χ1n) is 3.21. The van der Waals surface area contributed by atoms with Crippen LogP contribution in [0.25, 0.3) is 0 Å². The van der Waals surface area contributed by atoms with Gasteiger partial charge < -0.3 is 5.73 Å². The fourth-order valence-corrected chi connectivity index (χ4v) is 1.05. The molecular formula is C7H18NNa. The Balaban J connectivity index is 0. The number of hydrogen-bond acceptors (Lipinski definition) is 1. The molecule has 0 rings (SSSR count). The summed E-state index contributed by atoms with van der Waals surface area (Å²) in [6.07, 6.45) is 1.10. The molecule has 0 aliphatic heterocycles.